The summed E-state index contributed by atoms with van der Waals surface area (Å²) in [5.41, 5.74) is 0.869. The zero-order valence-electron chi connectivity index (χ0n) is 8.57. The van der Waals surface area contributed by atoms with E-state index in [1.54, 1.807) is 12.4 Å². The average molecular weight is 222 g/mol. The molecule has 2 nitrogen and oxygen atoms in total. The van der Waals surface area contributed by atoms with Crippen LogP contribution in [0.2, 0.25) is 0 Å². The van der Waals surface area contributed by atoms with Gasteiger partial charge >= 0.3 is 0 Å². The summed E-state index contributed by atoms with van der Waals surface area (Å²) in [6.45, 7) is 3.92. The van der Waals surface area contributed by atoms with Gasteiger partial charge in [0.05, 0.1) is 4.88 Å². The zero-order valence-corrected chi connectivity index (χ0v) is 9.38. The molecule has 0 bridgehead atoms. The van der Waals surface area contributed by atoms with Gasteiger partial charge in [0.1, 0.15) is 5.01 Å². The van der Waals surface area contributed by atoms with E-state index >= 15 is 0 Å². The van der Waals surface area contributed by atoms with Crippen LogP contribution in [0.25, 0.3) is 10.6 Å². The first-order valence-electron chi connectivity index (χ1n) is 4.75. The van der Waals surface area contributed by atoms with Crippen LogP contribution in [0.5, 0.6) is 0 Å². The van der Waals surface area contributed by atoms with Crippen molar-refractivity contribution >= 4 is 11.3 Å². The number of pyridine rings is 1. The Bertz CT molecular complexity index is 451. The van der Waals surface area contributed by atoms with E-state index in [2.05, 4.69) is 9.97 Å². The number of hydrogen-bond donors (Lipinski definition) is 0. The van der Waals surface area contributed by atoms with Gasteiger partial charge in [-0.25, -0.2) is 4.98 Å². The van der Waals surface area contributed by atoms with E-state index in [0.29, 0.717) is 9.88 Å². The molecule has 2 heterocycles. The molecular formula is C11H11FN2S. The van der Waals surface area contributed by atoms with E-state index in [-0.39, 0.29) is 11.9 Å². The fraction of sp³-hybridized carbons (Fsp3) is 0.273. The predicted octanol–water partition coefficient (Wildman–Crippen LogP) is 3.47. The largest absolute Gasteiger partial charge is 0.264 e. The van der Waals surface area contributed by atoms with Crippen molar-refractivity contribution in [1.82, 2.24) is 9.97 Å². The number of thiazole rings is 1. The monoisotopic (exact) mass is 222 g/mol. The second-order valence-corrected chi connectivity index (χ2v) is 4.60. The van der Waals surface area contributed by atoms with Crippen LogP contribution in [0.1, 0.15) is 24.6 Å². The number of rotatable bonds is 2. The second kappa shape index (κ2) is 4.06. The van der Waals surface area contributed by atoms with Gasteiger partial charge in [-0.15, -0.1) is 11.3 Å². The van der Waals surface area contributed by atoms with Crippen molar-refractivity contribution in [3.63, 3.8) is 0 Å². The minimum atomic E-state index is -0.353. The molecule has 0 fully saturated rings. The van der Waals surface area contributed by atoms with E-state index in [1.165, 1.54) is 11.3 Å². The van der Waals surface area contributed by atoms with Crippen LogP contribution < -0.4 is 0 Å². The first-order chi connectivity index (χ1) is 7.18. The van der Waals surface area contributed by atoms with Crippen LogP contribution in [0, 0.1) is 5.95 Å². The van der Waals surface area contributed by atoms with Crippen molar-refractivity contribution in [3.8, 4) is 10.6 Å². The number of aromatic nitrogens is 2. The molecule has 0 radical (unpaired) electrons. The van der Waals surface area contributed by atoms with E-state index in [0.717, 1.165) is 5.56 Å². The molecule has 0 amide bonds. The fourth-order valence-electron chi connectivity index (χ4n) is 1.28. The minimum absolute atomic E-state index is 0.174. The summed E-state index contributed by atoms with van der Waals surface area (Å²) in [5, 5.41) is 0.698. The maximum atomic E-state index is 13.4. The van der Waals surface area contributed by atoms with Gasteiger partial charge in [-0.1, -0.05) is 13.8 Å². The van der Waals surface area contributed by atoms with Crippen LogP contribution in [0.4, 0.5) is 4.39 Å². The van der Waals surface area contributed by atoms with Crippen LogP contribution in [-0.4, -0.2) is 9.97 Å². The molecule has 0 unspecified atom stereocenters. The first-order valence-corrected chi connectivity index (χ1v) is 5.56. The Hall–Kier alpha value is -1.29. The zero-order chi connectivity index (χ0) is 10.8. The molecule has 2 aromatic rings. The quantitative estimate of drug-likeness (QED) is 0.777. The maximum absolute atomic E-state index is 13.4. The Labute approximate surface area is 91.8 Å². The lowest BCUT2D eigenvalue weighted by Crippen LogP contribution is -1.86. The molecule has 0 aliphatic heterocycles. The number of halogens is 1. The lowest BCUT2D eigenvalue weighted by molar-refractivity contribution is 0.570. The molecule has 2 aromatic heterocycles. The molecular weight excluding hydrogens is 211 g/mol. The van der Waals surface area contributed by atoms with Gasteiger partial charge in [0.15, 0.2) is 0 Å². The van der Waals surface area contributed by atoms with Crippen molar-refractivity contribution in [1.29, 1.82) is 0 Å². The molecule has 0 saturated heterocycles. The smallest absolute Gasteiger partial charge is 0.227 e. The molecule has 0 atom stereocenters. The minimum Gasteiger partial charge on any atom is -0.264 e. The van der Waals surface area contributed by atoms with Gasteiger partial charge in [-0.05, 0) is 18.1 Å². The van der Waals surface area contributed by atoms with Crippen molar-refractivity contribution < 1.29 is 4.39 Å². The van der Waals surface area contributed by atoms with Crippen LogP contribution in [0.3, 0.4) is 0 Å². The highest BCUT2D eigenvalue weighted by atomic mass is 32.1. The van der Waals surface area contributed by atoms with E-state index in [9.17, 15) is 4.39 Å². The topological polar surface area (TPSA) is 25.8 Å². The molecule has 0 aliphatic rings. The second-order valence-electron chi connectivity index (χ2n) is 3.57. The predicted molar refractivity (Wildman–Crippen MR) is 59.4 cm³/mol. The fourth-order valence-corrected chi connectivity index (χ4v) is 2.22. The van der Waals surface area contributed by atoms with Crippen molar-refractivity contribution in [2.75, 3.05) is 0 Å². The standard InChI is InChI=1S/C11H11FN2S/c1-7(2)9-10(12)14-11(15-9)8-4-3-5-13-6-8/h3-7H,1-2H3. The Kier molecular flexibility index (Phi) is 2.77. The molecule has 78 valence electrons. The summed E-state index contributed by atoms with van der Waals surface area (Å²) in [7, 11) is 0. The molecule has 0 aromatic carbocycles. The molecule has 4 heteroatoms. The summed E-state index contributed by atoms with van der Waals surface area (Å²) in [5.74, 6) is -0.179. The summed E-state index contributed by atoms with van der Waals surface area (Å²) in [4.78, 5) is 8.61. The Morgan fingerprint density at radius 1 is 1.40 bits per heavy atom. The number of nitrogens with zero attached hydrogens (tertiary/aromatic N) is 2. The van der Waals surface area contributed by atoms with E-state index < -0.39 is 0 Å². The number of hydrogen-bond acceptors (Lipinski definition) is 3. The Balaban J connectivity index is 2.43. The maximum Gasteiger partial charge on any atom is 0.227 e. The van der Waals surface area contributed by atoms with Gasteiger partial charge < -0.3 is 0 Å². The van der Waals surface area contributed by atoms with Gasteiger partial charge in [-0.2, -0.15) is 4.39 Å². The highest BCUT2D eigenvalue weighted by molar-refractivity contribution is 7.15. The summed E-state index contributed by atoms with van der Waals surface area (Å²) in [6, 6.07) is 3.71. The third kappa shape index (κ3) is 2.04. The summed E-state index contributed by atoms with van der Waals surface area (Å²) >= 11 is 1.39. The summed E-state index contributed by atoms with van der Waals surface area (Å²) in [6.07, 6.45) is 3.39. The lowest BCUT2D eigenvalue weighted by atomic mass is 10.2. The van der Waals surface area contributed by atoms with Crippen molar-refractivity contribution in [2.45, 2.75) is 19.8 Å². The van der Waals surface area contributed by atoms with Crippen LogP contribution in [0.15, 0.2) is 24.5 Å². The third-order valence-electron chi connectivity index (χ3n) is 2.04. The Morgan fingerprint density at radius 3 is 2.73 bits per heavy atom. The Morgan fingerprint density at radius 2 is 2.20 bits per heavy atom. The molecule has 0 N–H and O–H groups in total. The van der Waals surface area contributed by atoms with Crippen LogP contribution >= 0.6 is 11.3 Å². The van der Waals surface area contributed by atoms with Crippen molar-refractivity contribution in [2.24, 2.45) is 0 Å². The van der Waals surface area contributed by atoms with Crippen molar-refractivity contribution in [3.05, 3.63) is 35.4 Å². The summed E-state index contributed by atoms with van der Waals surface area (Å²) < 4.78 is 13.4. The molecule has 15 heavy (non-hydrogen) atoms. The highest BCUT2D eigenvalue weighted by Crippen LogP contribution is 2.31. The molecule has 0 saturated carbocycles. The SMILES string of the molecule is CC(C)c1sc(-c2cccnc2)nc1F. The van der Waals surface area contributed by atoms with Gasteiger partial charge in [-0.3, -0.25) is 4.98 Å². The van der Waals surface area contributed by atoms with E-state index in [1.807, 2.05) is 26.0 Å². The van der Waals surface area contributed by atoms with Gasteiger partial charge in [0.2, 0.25) is 5.95 Å². The first kappa shape index (κ1) is 10.2. The lowest BCUT2D eigenvalue weighted by Gasteiger charge is -1.97. The average Bonchev–Trinajstić information content (AvgIpc) is 2.62. The highest BCUT2D eigenvalue weighted by Gasteiger charge is 2.14. The van der Waals surface area contributed by atoms with Crippen LogP contribution in [-0.2, 0) is 0 Å². The van der Waals surface area contributed by atoms with E-state index in [4.69, 9.17) is 0 Å². The normalized spacial score (nSPS) is 10.9. The molecule has 0 aliphatic carbocycles. The molecule has 0 spiro atoms. The molecule has 2 rings (SSSR count). The van der Waals surface area contributed by atoms with Gasteiger partial charge in [0.25, 0.3) is 0 Å². The third-order valence-corrected chi connectivity index (χ3v) is 3.42. The van der Waals surface area contributed by atoms with Gasteiger partial charge in [0, 0.05) is 18.0 Å².